The SMILES string of the molecule is CN(C)C1=CCN(Cc2ccccc2)CC1. The van der Waals surface area contributed by atoms with Gasteiger partial charge in [-0.1, -0.05) is 36.4 Å². The van der Waals surface area contributed by atoms with Crippen LogP contribution in [0.1, 0.15) is 12.0 Å². The summed E-state index contributed by atoms with van der Waals surface area (Å²) in [7, 11) is 4.25. The van der Waals surface area contributed by atoms with Crippen molar-refractivity contribution < 1.29 is 0 Å². The third kappa shape index (κ3) is 2.86. The van der Waals surface area contributed by atoms with E-state index >= 15 is 0 Å². The molecule has 1 aliphatic heterocycles. The molecule has 1 aromatic carbocycles. The second-order valence-electron chi connectivity index (χ2n) is 4.56. The fourth-order valence-corrected chi connectivity index (χ4v) is 2.09. The molecule has 2 nitrogen and oxygen atoms in total. The average molecular weight is 216 g/mol. The van der Waals surface area contributed by atoms with Gasteiger partial charge in [0.25, 0.3) is 0 Å². The molecular formula is C14H20N2. The molecule has 2 rings (SSSR count). The van der Waals surface area contributed by atoms with Crippen LogP contribution in [0.15, 0.2) is 42.1 Å². The van der Waals surface area contributed by atoms with Crippen LogP contribution in [0, 0.1) is 0 Å². The first-order valence-electron chi connectivity index (χ1n) is 5.88. The topological polar surface area (TPSA) is 6.48 Å². The van der Waals surface area contributed by atoms with E-state index in [1.54, 1.807) is 0 Å². The van der Waals surface area contributed by atoms with Crippen LogP contribution in [-0.2, 0) is 6.54 Å². The number of benzene rings is 1. The Bertz CT molecular complexity index is 354. The summed E-state index contributed by atoms with van der Waals surface area (Å²) in [4.78, 5) is 4.71. The van der Waals surface area contributed by atoms with E-state index in [-0.39, 0.29) is 0 Å². The maximum Gasteiger partial charge on any atom is 0.0237 e. The lowest BCUT2D eigenvalue weighted by molar-refractivity contribution is 0.269. The molecule has 0 atom stereocenters. The molecule has 0 spiro atoms. The number of rotatable bonds is 3. The Kier molecular flexibility index (Phi) is 3.62. The van der Waals surface area contributed by atoms with Crippen LogP contribution in [0.4, 0.5) is 0 Å². The van der Waals surface area contributed by atoms with E-state index < -0.39 is 0 Å². The zero-order chi connectivity index (χ0) is 11.4. The highest BCUT2D eigenvalue weighted by atomic mass is 15.1. The van der Waals surface area contributed by atoms with Gasteiger partial charge in [0.1, 0.15) is 0 Å². The van der Waals surface area contributed by atoms with Crippen molar-refractivity contribution in [1.29, 1.82) is 0 Å². The molecule has 0 radical (unpaired) electrons. The Labute approximate surface area is 98.2 Å². The van der Waals surface area contributed by atoms with Crippen molar-refractivity contribution in [1.82, 2.24) is 9.80 Å². The van der Waals surface area contributed by atoms with Gasteiger partial charge in [-0.05, 0) is 12.0 Å². The monoisotopic (exact) mass is 216 g/mol. The van der Waals surface area contributed by atoms with Crippen LogP contribution < -0.4 is 0 Å². The fourth-order valence-electron chi connectivity index (χ4n) is 2.09. The van der Waals surface area contributed by atoms with Gasteiger partial charge in [-0.3, -0.25) is 4.90 Å². The molecule has 1 aliphatic rings. The Morgan fingerprint density at radius 3 is 2.50 bits per heavy atom. The standard InChI is InChI=1S/C14H20N2/c1-15(2)14-8-10-16(11-9-14)12-13-6-4-3-5-7-13/h3-8H,9-12H2,1-2H3. The highest BCUT2D eigenvalue weighted by Gasteiger charge is 2.12. The highest BCUT2D eigenvalue weighted by molar-refractivity contribution is 5.15. The molecule has 0 saturated carbocycles. The Hall–Kier alpha value is -1.28. The zero-order valence-electron chi connectivity index (χ0n) is 10.2. The smallest absolute Gasteiger partial charge is 0.0237 e. The molecular weight excluding hydrogens is 196 g/mol. The summed E-state index contributed by atoms with van der Waals surface area (Å²) in [6.45, 7) is 3.30. The summed E-state index contributed by atoms with van der Waals surface area (Å²) in [6, 6.07) is 10.7. The average Bonchev–Trinajstić information content (AvgIpc) is 2.31. The van der Waals surface area contributed by atoms with Gasteiger partial charge in [0.2, 0.25) is 0 Å². The van der Waals surface area contributed by atoms with Crippen LogP contribution in [0.25, 0.3) is 0 Å². The van der Waals surface area contributed by atoms with Gasteiger partial charge in [-0.15, -0.1) is 0 Å². The lowest BCUT2D eigenvalue weighted by Crippen LogP contribution is -2.31. The quantitative estimate of drug-likeness (QED) is 0.765. The Morgan fingerprint density at radius 1 is 1.19 bits per heavy atom. The lowest BCUT2D eigenvalue weighted by Gasteiger charge is -2.29. The first kappa shape index (κ1) is 11.2. The zero-order valence-corrected chi connectivity index (χ0v) is 10.2. The summed E-state index contributed by atoms with van der Waals surface area (Å²) in [5.74, 6) is 0. The van der Waals surface area contributed by atoms with E-state index in [1.807, 2.05) is 0 Å². The van der Waals surface area contributed by atoms with Crippen molar-refractivity contribution in [3.8, 4) is 0 Å². The van der Waals surface area contributed by atoms with Crippen LogP contribution in [0.5, 0.6) is 0 Å². The van der Waals surface area contributed by atoms with Crippen molar-refractivity contribution >= 4 is 0 Å². The van der Waals surface area contributed by atoms with Crippen LogP contribution in [0.3, 0.4) is 0 Å². The van der Waals surface area contributed by atoms with Gasteiger partial charge in [0.15, 0.2) is 0 Å². The third-order valence-corrected chi connectivity index (χ3v) is 3.09. The summed E-state index contributed by atoms with van der Waals surface area (Å²) in [5.41, 5.74) is 2.87. The van der Waals surface area contributed by atoms with Gasteiger partial charge in [-0.2, -0.15) is 0 Å². The van der Waals surface area contributed by atoms with Gasteiger partial charge in [-0.25, -0.2) is 0 Å². The van der Waals surface area contributed by atoms with Gasteiger partial charge in [0.05, 0.1) is 0 Å². The normalized spacial score (nSPS) is 17.0. The largest absolute Gasteiger partial charge is 0.381 e. The molecule has 2 heteroatoms. The van der Waals surface area contributed by atoms with Gasteiger partial charge in [0, 0.05) is 39.4 Å². The number of hydrogen-bond acceptors (Lipinski definition) is 2. The number of hydrogen-bond donors (Lipinski definition) is 0. The second kappa shape index (κ2) is 5.17. The Balaban J connectivity index is 1.91. The van der Waals surface area contributed by atoms with Crippen LogP contribution >= 0.6 is 0 Å². The van der Waals surface area contributed by atoms with Crippen LogP contribution in [-0.4, -0.2) is 37.0 Å². The molecule has 0 N–H and O–H groups in total. The minimum absolute atomic E-state index is 1.07. The van der Waals surface area contributed by atoms with E-state index in [4.69, 9.17) is 0 Å². The van der Waals surface area contributed by atoms with E-state index in [1.165, 1.54) is 24.2 Å². The first-order chi connectivity index (χ1) is 7.75. The van der Waals surface area contributed by atoms with Crippen molar-refractivity contribution in [3.63, 3.8) is 0 Å². The molecule has 0 aliphatic carbocycles. The minimum atomic E-state index is 1.07. The first-order valence-corrected chi connectivity index (χ1v) is 5.88. The molecule has 86 valence electrons. The summed E-state index contributed by atoms with van der Waals surface area (Å²) in [6.07, 6.45) is 3.51. The molecule has 0 unspecified atom stereocenters. The lowest BCUT2D eigenvalue weighted by atomic mass is 10.1. The van der Waals surface area contributed by atoms with Crippen molar-refractivity contribution in [2.75, 3.05) is 27.2 Å². The summed E-state index contributed by atoms with van der Waals surface area (Å²) in [5, 5.41) is 0. The van der Waals surface area contributed by atoms with Gasteiger partial charge >= 0.3 is 0 Å². The molecule has 0 bridgehead atoms. The maximum absolute atomic E-state index is 2.49. The molecule has 0 amide bonds. The molecule has 0 saturated heterocycles. The molecule has 1 aromatic rings. The summed E-state index contributed by atoms with van der Waals surface area (Å²) < 4.78 is 0. The fraction of sp³-hybridized carbons (Fsp3) is 0.429. The third-order valence-electron chi connectivity index (χ3n) is 3.09. The van der Waals surface area contributed by atoms with E-state index in [0.29, 0.717) is 0 Å². The molecule has 16 heavy (non-hydrogen) atoms. The minimum Gasteiger partial charge on any atom is -0.381 e. The highest BCUT2D eigenvalue weighted by Crippen LogP contribution is 2.14. The number of nitrogens with zero attached hydrogens (tertiary/aromatic N) is 2. The van der Waals surface area contributed by atoms with Gasteiger partial charge < -0.3 is 4.90 Å². The Morgan fingerprint density at radius 2 is 1.94 bits per heavy atom. The summed E-state index contributed by atoms with van der Waals surface area (Å²) >= 11 is 0. The van der Waals surface area contributed by atoms with Crippen LogP contribution in [0.2, 0.25) is 0 Å². The molecule has 0 aromatic heterocycles. The second-order valence-corrected chi connectivity index (χ2v) is 4.56. The predicted molar refractivity (Wildman–Crippen MR) is 68.1 cm³/mol. The molecule has 1 heterocycles. The van der Waals surface area contributed by atoms with E-state index in [9.17, 15) is 0 Å². The van der Waals surface area contributed by atoms with E-state index in [2.05, 4.69) is 60.3 Å². The maximum atomic E-state index is 2.49. The van der Waals surface area contributed by atoms with Crippen molar-refractivity contribution in [2.45, 2.75) is 13.0 Å². The van der Waals surface area contributed by atoms with Crippen molar-refractivity contribution in [3.05, 3.63) is 47.7 Å². The predicted octanol–water partition coefficient (Wildman–Crippen LogP) is 2.34. The van der Waals surface area contributed by atoms with Crippen molar-refractivity contribution in [2.24, 2.45) is 0 Å². The molecule has 0 fully saturated rings. The van der Waals surface area contributed by atoms with E-state index in [0.717, 1.165) is 13.1 Å².